The molecule has 3 nitrogen and oxygen atoms in total. The van der Waals surface area contributed by atoms with Crippen LogP contribution in [-0.4, -0.2) is 4.98 Å². The molecular formula is C16H15FN2OS. The first-order valence-corrected chi connectivity index (χ1v) is 7.47. The Kier molecular flexibility index (Phi) is 3.86. The zero-order valence-electron chi connectivity index (χ0n) is 11.5. The second-order valence-corrected chi connectivity index (χ2v) is 5.96. The number of hydrogen-bond acceptors (Lipinski definition) is 4. The molecular weight excluding hydrogens is 287 g/mol. The van der Waals surface area contributed by atoms with Crippen molar-refractivity contribution in [2.45, 2.75) is 19.6 Å². The van der Waals surface area contributed by atoms with Gasteiger partial charge in [0.15, 0.2) is 11.6 Å². The van der Waals surface area contributed by atoms with E-state index in [1.165, 1.54) is 6.07 Å². The number of benzene rings is 2. The molecule has 1 aromatic heterocycles. The molecule has 0 fully saturated rings. The fourth-order valence-electron chi connectivity index (χ4n) is 2.04. The van der Waals surface area contributed by atoms with Crippen molar-refractivity contribution in [3.05, 3.63) is 58.9 Å². The average molecular weight is 302 g/mol. The minimum Gasteiger partial charge on any atom is -0.483 e. The summed E-state index contributed by atoms with van der Waals surface area (Å²) in [6.07, 6.45) is 0. The molecule has 0 spiro atoms. The topological polar surface area (TPSA) is 48.1 Å². The van der Waals surface area contributed by atoms with Crippen molar-refractivity contribution in [2.24, 2.45) is 5.73 Å². The van der Waals surface area contributed by atoms with E-state index in [1.54, 1.807) is 23.5 Å². The number of aromatic nitrogens is 1. The molecule has 1 atom stereocenters. The lowest BCUT2D eigenvalue weighted by Gasteiger charge is -2.09. The standard InChI is InChI=1S/C16H15FN2OS/c1-10(18)11-6-7-14(12(17)8-11)20-9-16-19-13-4-2-3-5-15(13)21-16/h2-8,10H,9,18H2,1H3/t10-/m1/s1. The van der Waals surface area contributed by atoms with Crippen LogP contribution in [0.2, 0.25) is 0 Å². The maximum atomic E-state index is 13.9. The predicted octanol–water partition coefficient (Wildman–Crippen LogP) is 4.03. The SMILES string of the molecule is C[C@@H](N)c1ccc(OCc2nc3ccccc3s2)c(F)c1. The Balaban J connectivity index is 1.75. The normalized spacial score (nSPS) is 12.5. The third-order valence-corrected chi connectivity index (χ3v) is 4.18. The third kappa shape index (κ3) is 3.04. The molecule has 0 aliphatic heterocycles. The van der Waals surface area contributed by atoms with Gasteiger partial charge in [-0.15, -0.1) is 11.3 Å². The Morgan fingerprint density at radius 2 is 2.10 bits per heavy atom. The number of halogens is 1. The van der Waals surface area contributed by atoms with Crippen molar-refractivity contribution in [2.75, 3.05) is 0 Å². The van der Waals surface area contributed by atoms with Gasteiger partial charge >= 0.3 is 0 Å². The van der Waals surface area contributed by atoms with Crippen LogP contribution >= 0.6 is 11.3 Å². The number of rotatable bonds is 4. The van der Waals surface area contributed by atoms with Gasteiger partial charge in [0.1, 0.15) is 11.6 Å². The molecule has 0 bridgehead atoms. The summed E-state index contributed by atoms with van der Waals surface area (Å²) in [5, 5.41) is 0.826. The summed E-state index contributed by atoms with van der Waals surface area (Å²) in [7, 11) is 0. The van der Waals surface area contributed by atoms with Crippen LogP contribution in [0.3, 0.4) is 0 Å². The molecule has 0 aliphatic rings. The lowest BCUT2D eigenvalue weighted by molar-refractivity contribution is 0.289. The first-order valence-electron chi connectivity index (χ1n) is 6.66. The van der Waals surface area contributed by atoms with E-state index in [4.69, 9.17) is 10.5 Å². The van der Waals surface area contributed by atoms with Gasteiger partial charge in [-0.2, -0.15) is 0 Å². The quantitative estimate of drug-likeness (QED) is 0.791. The maximum Gasteiger partial charge on any atom is 0.165 e. The monoisotopic (exact) mass is 302 g/mol. The first-order chi connectivity index (χ1) is 10.1. The summed E-state index contributed by atoms with van der Waals surface area (Å²) in [6.45, 7) is 2.07. The number of nitrogens with zero attached hydrogens (tertiary/aromatic N) is 1. The van der Waals surface area contributed by atoms with E-state index >= 15 is 0 Å². The van der Waals surface area contributed by atoms with Crippen LogP contribution in [0.5, 0.6) is 5.75 Å². The molecule has 5 heteroatoms. The van der Waals surface area contributed by atoms with Gasteiger partial charge < -0.3 is 10.5 Å². The van der Waals surface area contributed by atoms with E-state index in [2.05, 4.69) is 4.98 Å². The van der Waals surface area contributed by atoms with Crippen LogP contribution in [0.25, 0.3) is 10.2 Å². The summed E-state index contributed by atoms with van der Waals surface area (Å²) in [5.41, 5.74) is 7.41. The first kappa shape index (κ1) is 14.0. The molecule has 1 heterocycles. The zero-order chi connectivity index (χ0) is 14.8. The molecule has 0 saturated heterocycles. The number of thiazole rings is 1. The van der Waals surface area contributed by atoms with Crippen molar-refractivity contribution >= 4 is 21.6 Å². The zero-order valence-corrected chi connectivity index (χ0v) is 12.4. The smallest absolute Gasteiger partial charge is 0.165 e. The summed E-state index contributed by atoms with van der Waals surface area (Å²) >= 11 is 1.55. The molecule has 21 heavy (non-hydrogen) atoms. The molecule has 3 aromatic rings. The molecule has 0 saturated carbocycles. The van der Waals surface area contributed by atoms with Gasteiger partial charge in [-0.25, -0.2) is 9.37 Å². The number of nitrogens with two attached hydrogens (primary N) is 1. The Labute approximate surface area is 126 Å². The summed E-state index contributed by atoms with van der Waals surface area (Å²) < 4.78 is 20.5. The van der Waals surface area contributed by atoms with Gasteiger partial charge in [-0.1, -0.05) is 18.2 Å². The molecule has 3 rings (SSSR count). The number of ether oxygens (including phenoxy) is 1. The average Bonchev–Trinajstić information content (AvgIpc) is 2.88. The third-order valence-electron chi connectivity index (χ3n) is 3.17. The van der Waals surface area contributed by atoms with E-state index in [0.29, 0.717) is 0 Å². The lowest BCUT2D eigenvalue weighted by atomic mass is 10.1. The minimum absolute atomic E-state index is 0.196. The van der Waals surface area contributed by atoms with Crippen molar-refractivity contribution in [3.8, 4) is 5.75 Å². The van der Waals surface area contributed by atoms with Gasteiger partial charge in [0.25, 0.3) is 0 Å². The van der Waals surface area contributed by atoms with E-state index in [-0.39, 0.29) is 18.4 Å². The van der Waals surface area contributed by atoms with Crippen molar-refractivity contribution in [1.82, 2.24) is 4.98 Å². The summed E-state index contributed by atoms with van der Waals surface area (Å²) in [6, 6.07) is 12.5. The van der Waals surface area contributed by atoms with Crippen molar-refractivity contribution in [1.29, 1.82) is 0 Å². The highest BCUT2D eigenvalue weighted by Crippen LogP contribution is 2.25. The highest BCUT2D eigenvalue weighted by molar-refractivity contribution is 7.18. The Morgan fingerprint density at radius 3 is 2.81 bits per heavy atom. The minimum atomic E-state index is -0.397. The number of para-hydroxylation sites is 1. The van der Waals surface area contributed by atoms with Crippen LogP contribution in [0.4, 0.5) is 4.39 Å². The molecule has 0 radical (unpaired) electrons. The van der Waals surface area contributed by atoms with Crippen molar-refractivity contribution < 1.29 is 9.13 Å². The summed E-state index contributed by atoms with van der Waals surface area (Å²) in [4.78, 5) is 4.45. The largest absolute Gasteiger partial charge is 0.483 e. The summed E-state index contributed by atoms with van der Waals surface area (Å²) in [5.74, 6) is -0.176. The van der Waals surface area contributed by atoms with Gasteiger partial charge in [0.05, 0.1) is 10.2 Å². The van der Waals surface area contributed by atoms with Crippen LogP contribution in [-0.2, 0) is 6.61 Å². The van der Waals surface area contributed by atoms with E-state index in [0.717, 1.165) is 20.8 Å². The molecule has 0 amide bonds. The van der Waals surface area contributed by atoms with Crippen LogP contribution < -0.4 is 10.5 Å². The highest BCUT2D eigenvalue weighted by atomic mass is 32.1. The Morgan fingerprint density at radius 1 is 1.29 bits per heavy atom. The Bertz CT molecular complexity index is 737. The number of fused-ring (bicyclic) bond motifs is 1. The maximum absolute atomic E-state index is 13.9. The van der Waals surface area contributed by atoms with E-state index < -0.39 is 5.82 Å². The fourth-order valence-corrected chi connectivity index (χ4v) is 2.92. The van der Waals surface area contributed by atoms with Crippen LogP contribution in [0.15, 0.2) is 42.5 Å². The molecule has 108 valence electrons. The number of hydrogen-bond donors (Lipinski definition) is 1. The molecule has 2 N–H and O–H groups in total. The second kappa shape index (κ2) is 5.79. The van der Waals surface area contributed by atoms with Gasteiger partial charge in [-0.05, 0) is 36.8 Å². The van der Waals surface area contributed by atoms with Crippen LogP contribution in [0, 0.1) is 5.82 Å². The van der Waals surface area contributed by atoms with Gasteiger partial charge in [-0.3, -0.25) is 0 Å². The van der Waals surface area contributed by atoms with Crippen molar-refractivity contribution in [3.63, 3.8) is 0 Å². The van der Waals surface area contributed by atoms with Gasteiger partial charge in [0, 0.05) is 6.04 Å². The fraction of sp³-hybridized carbons (Fsp3) is 0.188. The Hall–Kier alpha value is -1.98. The second-order valence-electron chi connectivity index (χ2n) is 4.84. The predicted molar refractivity (Wildman–Crippen MR) is 83.0 cm³/mol. The molecule has 0 aliphatic carbocycles. The van der Waals surface area contributed by atoms with E-state index in [9.17, 15) is 4.39 Å². The molecule has 2 aromatic carbocycles. The highest BCUT2D eigenvalue weighted by Gasteiger charge is 2.09. The molecule has 0 unspecified atom stereocenters. The lowest BCUT2D eigenvalue weighted by Crippen LogP contribution is -2.06. The van der Waals surface area contributed by atoms with Gasteiger partial charge in [0.2, 0.25) is 0 Å². The van der Waals surface area contributed by atoms with Crippen LogP contribution in [0.1, 0.15) is 23.5 Å². The van der Waals surface area contributed by atoms with E-state index in [1.807, 2.05) is 31.2 Å².